The lowest BCUT2D eigenvalue weighted by atomic mass is 10.2. The second-order valence-corrected chi connectivity index (χ2v) is 6.70. The van der Waals surface area contributed by atoms with E-state index in [0.29, 0.717) is 20.7 Å². The first kappa shape index (κ1) is 17.8. The van der Waals surface area contributed by atoms with Crippen molar-refractivity contribution >= 4 is 46.1 Å². The summed E-state index contributed by atoms with van der Waals surface area (Å²) in [5, 5.41) is 8.81. The number of nitrogens with zero attached hydrogens (tertiary/aromatic N) is 3. The molecule has 2 heterocycles. The van der Waals surface area contributed by atoms with E-state index in [2.05, 4.69) is 15.4 Å². The van der Waals surface area contributed by atoms with Crippen LogP contribution in [0.5, 0.6) is 0 Å². The SMILES string of the molecule is Cn1cc(-c2nc(C(=O)Nc3ccc(Cl)c(Cl)c3)cs2)c(C(F)F)n1. The molecule has 0 fully saturated rings. The van der Waals surface area contributed by atoms with Crippen molar-refractivity contribution in [1.29, 1.82) is 0 Å². The average molecular weight is 403 g/mol. The van der Waals surface area contributed by atoms with Crippen LogP contribution in [-0.4, -0.2) is 20.7 Å². The first-order valence-electron chi connectivity index (χ1n) is 6.89. The van der Waals surface area contributed by atoms with E-state index >= 15 is 0 Å². The van der Waals surface area contributed by atoms with Gasteiger partial charge in [0, 0.05) is 24.3 Å². The van der Waals surface area contributed by atoms with Crippen molar-refractivity contribution < 1.29 is 13.6 Å². The highest BCUT2D eigenvalue weighted by atomic mass is 35.5. The van der Waals surface area contributed by atoms with Crippen LogP contribution in [0.2, 0.25) is 10.0 Å². The maximum absolute atomic E-state index is 13.0. The van der Waals surface area contributed by atoms with Gasteiger partial charge in [-0.15, -0.1) is 11.3 Å². The highest BCUT2D eigenvalue weighted by Gasteiger charge is 2.22. The number of aryl methyl sites for hydroxylation is 1. The van der Waals surface area contributed by atoms with Crippen LogP contribution in [0, 0.1) is 0 Å². The Labute approximate surface area is 155 Å². The molecule has 0 saturated carbocycles. The van der Waals surface area contributed by atoms with Gasteiger partial charge in [0.15, 0.2) is 0 Å². The summed E-state index contributed by atoms with van der Waals surface area (Å²) < 4.78 is 27.4. The van der Waals surface area contributed by atoms with Crippen molar-refractivity contribution in [1.82, 2.24) is 14.8 Å². The van der Waals surface area contributed by atoms with Crippen LogP contribution in [0.3, 0.4) is 0 Å². The Morgan fingerprint density at radius 1 is 1.32 bits per heavy atom. The Hall–Kier alpha value is -2.03. The van der Waals surface area contributed by atoms with Gasteiger partial charge in [0.1, 0.15) is 16.4 Å². The van der Waals surface area contributed by atoms with E-state index in [1.807, 2.05) is 0 Å². The van der Waals surface area contributed by atoms with Gasteiger partial charge >= 0.3 is 0 Å². The summed E-state index contributed by atoms with van der Waals surface area (Å²) >= 11 is 12.8. The summed E-state index contributed by atoms with van der Waals surface area (Å²) in [6.07, 6.45) is -1.28. The van der Waals surface area contributed by atoms with Crippen molar-refractivity contribution in [3.63, 3.8) is 0 Å². The fourth-order valence-electron chi connectivity index (χ4n) is 2.10. The van der Waals surface area contributed by atoms with E-state index in [-0.39, 0.29) is 17.0 Å². The van der Waals surface area contributed by atoms with Crippen LogP contribution in [0.15, 0.2) is 29.8 Å². The number of amides is 1. The van der Waals surface area contributed by atoms with Crippen LogP contribution in [0.1, 0.15) is 22.6 Å². The molecule has 0 atom stereocenters. The molecular formula is C15H10Cl2F2N4OS. The molecule has 25 heavy (non-hydrogen) atoms. The largest absolute Gasteiger partial charge is 0.321 e. The van der Waals surface area contributed by atoms with Crippen LogP contribution in [0.4, 0.5) is 14.5 Å². The quantitative estimate of drug-likeness (QED) is 0.664. The number of thiazole rings is 1. The molecule has 0 unspecified atom stereocenters. The topological polar surface area (TPSA) is 59.8 Å². The van der Waals surface area contributed by atoms with Gasteiger partial charge in [0.2, 0.25) is 0 Å². The Bertz CT molecular complexity index is 942. The number of alkyl halides is 2. The molecular weight excluding hydrogens is 393 g/mol. The molecule has 0 aliphatic rings. The molecule has 5 nitrogen and oxygen atoms in total. The predicted molar refractivity (Wildman–Crippen MR) is 93.7 cm³/mol. The summed E-state index contributed by atoms with van der Waals surface area (Å²) in [4.78, 5) is 16.4. The summed E-state index contributed by atoms with van der Waals surface area (Å²) in [7, 11) is 1.54. The summed E-state index contributed by atoms with van der Waals surface area (Å²) in [5.74, 6) is -0.483. The van der Waals surface area contributed by atoms with Crippen LogP contribution in [-0.2, 0) is 7.05 Å². The van der Waals surface area contributed by atoms with Crippen molar-refractivity contribution in [2.75, 3.05) is 5.32 Å². The number of halogens is 4. The standard InChI is InChI=1S/C15H10Cl2F2N4OS/c1-23-5-8(12(22-23)13(18)19)15-21-11(6-25-15)14(24)20-7-2-3-9(16)10(17)4-7/h2-6,13H,1H3,(H,20,24). The highest BCUT2D eigenvalue weighted by molar-refractivity contribution is 7.13. The van der Waals surface area contributed by atoms with Crippen molar-refractivity contribution in [3.8, 4) is 10.6 Å². The second kappa shape index (κ2) is 7.07. The van der Waals surface area contributed by atoms with Gasteiger partial charge in [0.25, 0.3) is 12.3 Å². The molecule has 0 spiro atoms. The van der Waals surface area contributed by atoms with Crippen LogP contribution in [0.25, 0.3) is 10.6 Å². The van der Waals surface area contributed by atoms with E-state index in [9.17, 15) is 13.6 Å². The number of carbonyl (C=O) groups excluding carboxylic acids is 1. The molecule has 0 aliphatic heterocycles. The monoisotopic (exact) mass is 402 g/mol. The van der Waals surface area contributed by atoms with Crippen LogP contribution < -0.4 is 5.32 Å². The Morgan fingerprint density at radius 3 is 2.76 bits per heavy atom. The van der Waals surface area contributed by atoms with Gasteiger partial charge in [-0.1, -0.05) is 23.2 Å². The Balaban J connectivity index is 1.83. The first-order valence-corrected chi connectivity index (χ1v) is 8.52. The highest BCUT2D eigenvalue weighted by Crippen LogP contribution is 2.32. The Kier molecular flexibility index (Phi) is 5.03. The first-order chi connectivity index (χ1) is 11.8. The van der Waals surface area contributed by atoms with E-state index < -0.39 is 12.3 Å². The van der Waals surface area contributed by atoms with Gasteiger partial charge in [-0.05, 0) is 18.2 Å². The fraction of sp³-hybridized carbons (Fsp3) is 0.133. The smallest absolute Gasteiger partial charge is 0.282 e. The normalized spacial score (nSPS) is 11.1. The zero-order valence-electron chi connectivity index (χ0n) is 12.6. The third-order valence-electron chi connectivity index (χ3n) is 3.21. The zero-order chi connectivity index (χ0) is 18.1. The third-order valence-corrected chi connectivity index (χ3v) is 4.82. The molecule has 2 aromatic heterocycles. The van der Waals surface area contributed by atoms with E-state index in [0.717, 1.165) is 11.3 Å². The van der Waals surface area contributed by atoms with Gasteiger partial charge in [-0.3, -0.25) is 9.48 Å². The molecule has 0 saturated heterocycles. The average Bonchev–Trinajstić information content (AvgIpc) is 3.17. The van der Waals surface area contributed by atoms with Gasteiger partial charge < -0.3 is 5.32 Å². The molecule has 3 aromatic rings. The molecule has 1 N–H and O–H groups in total. The summed E-state index contributed by atoms with van der Waals surface area (Å²) in [6.45, 7) is 0. The van der Waals surface area contributed by atoms with Gasteiger partial charge in [0.05, 0.1) is 15.6 Å². The number of aromatic nitrogens is 3. The number of nitrogens with one attached hydrogen (secondary N) is 1. The number of hydrogen-bond donors (Lipinski definition) is 1. The third kappa shape index (κ3) is 3.81. The van der Waals surface area contributed by atoms with Crippen molar-refractivity contribution in [2.45, 2.75) is 6.43 Å². The molecule has 10 heteroatoms. The fourth-order valence-corrected chi connectivity index (χ4v) is 3.22. The number of benzene rings is 1. The number of anilines is 1. The lowest BCUT2D eigenvalue weighted by molar-refractivity contribution is 0.102. The van der Waals surface area contributed by atoms with Crippen LogP contribution >= 0.6 is 34.5 Å². The van der Waals surface area contributed by atoms with Gasteiger partial charge in [-0.2, -0.15) is 5.10 Å². The summed E-state index contributed by atoms with van der Waals surface area (Å²) in [5.41, 5.74) is 0.392. The molecule has 3 rings (SSSR count). The zero-order valence-corrected chi connectivity index (χ0v) is 15.0. The lowest BCUT2D eigenvalue weighted by Crippen LogP contribution is -2.12. The molecule has 130 valence electrons. The lowest BCUT2D eigenvalue weighted by Gasteiger charge is -2.04. The number of rotatable bonds is 4. The minimum Gasteiger partial charge on any atom is -0.321 e. The molecule has 0 bridgehead atoms. The summed E-state index contributed by atoms with van der Waals surface area (Å²) in [6, 6.07) is 4.65. The van der Waals surface area contributed by atoms with Crippen molar-refractivity contribution in [3.05, 3.63) is 51.2 Å². The molecule has 0 aliphatic carbocycles. The number of carbonyl (C=O) groups is 1. The van der Waals surface area contributed by atoms with Gasteiger partial charge in [-0.25, -0.2) is 13.8 Å². The second-order valence-electron chi connectivity index (χ2n) is 5.02. The maximum atomic E-state index is 13.0. The molecule has 1 amide bonds. The molecule has 0 radical (unpaired) electrons. The predicted octanol–water partition coefficient (Wildman–Crippen LogP) is 5.04. The Morgan fingerprint density at radius 2 is 2.08 bits per heavy atom. The molecule has 1 aromatic carbocycles. The maximum Gasteiger partial charge on any atom is 0.282 e. The number of hydrogen-bond acceptors (Lipinski definition) is 4. The van der Waals surface area contributed by atoms with Crippen molar-refractivity contribution in [2.24, 2.45) is 7.05 Å². The van der Waals surface area contributed by atoms with E-state index in [1.54, 1.807) is 19.2 Å². The van der Waals surface area contributed by atoms with E-state index in [1.165, 1.54) is 22.3 Å². The van der Waals surface area contributed by atoms with E-state index in [4.69, 9.17) is 23.2 Å². The minimum absolute atomic E-state index is 0.107. The minimum atomic E-state index is -2.73.